The lowest BCUT2D eigenvalue weighted by Gasteiger charge is -2.12. The Morgan fingerprint density at radius 3 is 0.814 bits per heavy atom. The van der Waals surface area contributed by atoms with Crippen molar-refractivity contribution in [1.29, 1.82) is 0 Å². The third kappa shape index (κ3) is 5.71. The minimum absolute atomic E-state index is 1.12. The number of fused-ring (bicyclic) bond motifs is 12. The van der Waals surface area contributed by atoms with Gasteiger partial charge < -0.3 is 18.3 Å². The summed E-state index contributed by atoms with van der Waals surface area (Å²) in [6.45, 7) is 0. The standard InChI is InChI=1S/C66H42N4/c1-4-16-47(17-5-1)67-60-26-14-11-23-52(60)55-38-43(28-34-62(55)67)45-30-36-64-57(40-45)58-41-46(44-29-35-63-56(39-44)53-24-12-15-27-61(53)68(63)48-18-6-2-7-19-48)31-37-65(58)70(64)50-32-33-54-51-22-10-13-25-59(51)69(66(54)42-50)49-20-8-3-9-21-49/h1-42H. The van der Waals surface area contributed by atoms with Gasteiger partial charge in [0.1, 0.15) is 0 Å². The van der Waals surface area contributed by atoms with Crippen molar-refractivity contribution in [3.05, 3.63) is 255 Å². The second kappa shape index (κ2) is 15.1. The SMILES string of the molecule is c1ccc(-n2c3ccccc3c3cc(-c4ccc5c(c4)c4cc(-c6ccc7c(c6)c6ccccc6n7-c6ccccc6)ccc4n5-c4ccc5c6ccccc6n(-c6ccccc6)c5c4)ccc32)cc1. The molecule has 0 atom stereocenters. The molecule has 0 unspecified atom stereocenters. The van der Waals surface area contributed by atoms with Gasteiger partial charge in [0, 0.05) is 65.8 Å². The van der Waals surface area contributed by atoms with E-state index in [0.717, 1.165) is 22.7 Å². The van der Waals surface area contributed by atoms with E-state index in [9.17, 15) is 0 Å². The lowest BCUT2D eigenvalue weighted by atomic mass is 9.98. The second-order valence-electron chi connectivity index (χ2n) is 18.5. The van der Waals surface area contributed by atoms with Crippen LogP contribution in [0.2, 0.25) is 0 Å². The summed E-state index contributed by atoms with van der Waals surface area (Å²) in [5.41, 5.74) is 18.9. The van der Waals surface area contributed by atoms with Gasteiger partial charge in [0.05, 0.1) is 44.1 Å². The van der Waals surface area contributed by atoms with E-state index in [1.807, 2.05) is 0 Å². The van der Waals surface area contributed by atoms with Crippen molar-refractivity contribution < 1.29 is 0 Å². The number of hydrogen-bond acceptors (Lipinski definition) is 0. The molecule has 0 saturated carbocycles. The molecule has 0 N–H and O–H groups in total. The first kappa shape index (κ1) is 38.7. The highest BCUT2D eigenvalue weighted by Gasteiger charge is 2.20. The molecule has 0 saturated heterocycles. The third-order valence-electron chi connectivity index (χ3n) is 14.7. The van der Waals surface area contributed by atoms with Crippen LogP contribution < -0.4 is 0 Å². The molecule has 11 aromatic carbocycles. The van der Waals surface area contributed by atoms with E-state index in [0.29, 0.717) is 0 Å². The molecule has 70 heavy (non-hydrogen) atoms. The van der Waals surface area contributed by atoms with Crippen molar-refractivity contribution in [3.63, 3.8) is 0 Å². The van der Waals surface area contributed by atoms with Gasteiger partial charge in [0.15, 0.2) is 0 Å². The number of rotatable bonds is 6. The number of nitrogens with zero attached hydrogens (tertiary/aromatic N) is 4. The first-order valence-electron chi connectivity index (χ1n) is 24.1. The van der Waals surface area contributed by atoms with Crippen LogP contribution in [0.25, 0.3) is 132 Å². The smallest absolute Gasteiger partial charge is 0.0561 e. The number of benzene rings is 11. The Balaban J connectivity index is 0.957. The zero-order chi connectivity index (χ0) is 45.9. The third-order valence-corrected chi connectivity index (χ3v) is 14.7. The van der Waals surface area contributed by atoms with Crippen LogP contribution >= 0.6 is 0 Å². The van der Waals surface area contributed by atoms with Crippen molar-refractivity contribution in [3.8, 4) is 45.0 Å². The molecule has 326 valence electrons. The highest BCUT2D eigenvalue weighted by atomic mass is 15.0. The molecular weight excluding hydrogens is 849 g/mol. The van der Waals surface area contributed by atoms with Crippen molar-refractivity contribution in [1.82, 2.24) is 18.3 Å². The van der Waals surface area contributed by atoms with Crippen LogP contribution in [0.15, 0.2) is 255 Å². The van der Waals surface area contributed by atoms with E-state index < -0.39 is 0 Å². The van der Waals surface area contributed by atoms with Crippen molar-refractivity contribution in [2.24, 2.45) is 0 Å². The predicted molar refractivity (Wildman–Crippen MR) is 295 cm³/mol. The lowest BCUT2D eigenvalue weighted by Crippen LogP contribution is -1.97. The first-order valence-corrected chi connectivity index (χ1v) is 24.1. The molecule has 0 amide bonds. The molecule has 0 aliphatic heterocycles. The molecule has 4 nitrogen and oxygen atoms in total. The van der Waals surface area contributed by atoms with Gasteiger partial charge in [-0.3, -0.25) is 0 Å². The fraction of sp³-hybridized carbons (Fsp3) is 0. The molecule has 15 aromatic rings. The van der Waals surface area contributed by atoms with E-state index in [2.05, 4.69) is 273 Å². The van der Waals surface area contributed by atoms with Crippen LogP contribution in [0.3, 0.4) is 0 Å². The largest absolute Gasteiger partial charge is 0.309 e. The Bertz CT molecular complexity index is 4350. The molecule has 0 radical (unpaired) electrons. The van der Waals surface area contributed by atoms with Crippen LogP contribution in [0.4, 0.5) is 0 Å². The Hall–Kier alpha value is -9.38. The van der Waals surface area contributed by atoms with E-state index in [4.69, 9.17) is 0 Å². The van der Waals surface area contributed by atoms with Gasteiger partial charge in [-0.15, -0.1) is 0 Å². The fourth-order valence-corrected chi connectivity index (χ4v) is 11.6. The topological polar surface area (TPSA) is 19.7 Å². The molecule has 0 aliphatic rings. The lowest BCUT2D eigenvalue weighted by molar-refractivity contribution is 1.15. The summed E-state index contributed by atoms with van der Waals surface area (Å²) >= 11 is 0. The maximum atomic E-state index is 2.47. The number of para-hydroxylation sites is 6. The zero-order valence-corrected chi connectivity index (χ0v) is 38.0. The van der Waals surface area contributed by atoms with Crippen molar-refractivity contribution >= 4 is 87.2 Å². The number of aromatic nitrogens is 4. The minimum Gasteiger partial charge on any atom is -0.309 e. The van der Waals surface area contributed by atoms with E-state index in [1.54, 1.807) is 0 Å². The van der Waals surface area contributed by atoms with Gasteiger partial charge in [0.2, 0.25) is 0 Å². The van der Waals surface area contributed by atoms with Crippen LogP contribution in [-0.2, 0) is 0 Å². The summed E-state index contributed by atoms with van der Waals surface area (Å²) < 4.78 is 9.65. The Morgan fingerprint density at radius 1 is 0.157 bits per heavy atom. The van der Waals surface area contributed by atoms with Crippen LogP contribution in [-0.4, -0.2) is 18.3 Å². The molecule has 15 rings (SSSR count). The van der Waals surface area contributed by atoms with E-state index in [1.165, 1.54) is 109 Å². The van der Waals surface area contributed by atoms with E-state index in [-0.39, 0.29) is 0 Å². The maximum Gasteiger partial charge on any atom is 0.0561 e. The Morgan fingerprint density at radius 2 is 0.429 bits per heavy atom. The molecule has 0 bridgehead atoms. The summed E-state index contributed by atoms with van der Waals surface area (Å²) in [6.07, 6.45) is 0. The van der Waals surface area contributed by atoms with Crippen molar-refractivity contribution in [2.75, 3.05) is 0 Å². The highest BCUT2D eigenvalue weighted by Crippen LogP contribution is 2.42. The fourth-order valence-electron chi connectivity index (χ4n) is 11.6. The molecule has 0 aliphatic carbocycles. The summed E-state index contributed by atoms with van der Waals surface area (Å²) in [6, 6.07) is 93.6. The Labute approximate surface area is 403 Å². The van der Waals surface area contributed by atoms with Gasteiger partial charge in [-0.2, -0.15) is 0 Å². The summed E-state index contributed by atoms with van der Waals surface area (Å²) in [4.78, 5) is 0. The Kier molecular flexibility index (Phi) is 8.33. The highest BCUT2D eigenvalue weighted by molar-refractivity contribution is 6.15. The molecule has 4 heterocycles. The molecule has 0 fully saturated rings. The van der Waals surface area contributed by atoms with Crippen molar-refractivity contribution in [2.45, 2.75) is 0 Å². The molecule has 4 aromatic heterocycles. The van der Waals surface area contributed by atoms with E-state index >= 15 is 0 Å². The van der Waals surface area contributed by atoms with Gasteiger partial charge >= 0.3 is 0 Å². The summed E-state index contributed by atoms with van der Waals surface area (Å²) in [5, 5.41) is 9.90. The van der Waals surface area contributed by atoms with Gasteiger partial charge in [-0.05, 0) is 138 Å². The average molecular weight is 891 g/mol. The average Bonchev–Trinajstić information content (AvgIpc) is 4.15. The monoisotopic (exact) mass is 890 g/mol. The first-order chi connectivity index (χ1) is 34.7. The second-order valence-corrected chi connectivity index (χ2v) is 18.5. The quantitative estimate of drug-likeness (QED) is 0.158. The minimum atomic E-state index is 1.12. The zero-order valence-electron chi connectivity index (χ0n) is 38.0. The van der Waals surface area contributed by atoms with Gasteiger partial charge in [0.25, 0.3) is 0 Å². The number of hydrogen-bond donors (Lipinski definition) is 0. The van der Waals surface area contributed by atoms with Crippen LogP contribution in [0.5, 0.6) is 0 Å². The van der Waals surface area contributed by atoms with Gasteiger partial charge in [-0.25, -0.2) is 0 Å². The molecule has 0 spiro atoms. The van der Waals surface area contributed by atoms with Gasteiger partial charge in [-0.1, -0.05) is 140 Å². The summed E-state index contributed by atoms with van der Waals surface area (Å²) in [5.74, 6) is 0. The van der Waals surface area contributed by atoms with Crippen LogP contribution in [0, 0.1) is 0 Å². The molecule has 4 heteroatoms. The van der Waals surface area contributed by atoms with Crippen LogP contribution in [0.1, 0.15) is 0 Å². The maximum absolute atomic E-state index is 2.47. The molecular formula is C66H42N4. The predicted octanol–water partition coefficient (Wildman–Crippen LogP) is 17.4. The summed E-state index contributed by atoms with van der Waals surface area (Å²) in [7, 11) is 0. The normalized spacial score (nSPS) is 12.0.